The van der Waals surface area contributed by atoms with Crippen LogP contribution in [-0.4, -0.2) is 60.3 Å². The lowest BCUT2D eigenvalue weighted by molar-refractivity contribution is -0.120. The number of carbonyl (C=O) groups is 2. The van der Waals surface area contributed by atoms with E-state index in [1.54, 1.807) is 13.2 Å². The molecule has 0 aromatic carbocycles. The number of rotatable bonds is 6. The number of hydrogen-bond acceptors (Lipinski definition) is 6. The van der Waals surface area contributed by atoms with E-state index < -0.39 is 15.9 Å². The Balaban J connectivity index is 1.34. The maximum atomic E-state index is 12.9. The molecule has 0 aliphatic carbocycles. The molecule has 11 heteroatoms. The van der Waals surface area contributed by atoms with E-state index in [0.29, 0.717) is 18.5 Å². The van der Waals surface area contributed by atoms with Crippen molar-refractivity contribution < 1.29 is 18.0 Å². The van der Waals surface area contributed by atoms with Gasteiger partial charge in [0.05, 0.1) is 11.9 Å². The number of nitrogens with one attached hydrogen (secondary N) is 1. The van der Waals surface area contributed by atoms with Gasteiger partial charge in [-0.2, -0.15) is 4.31 Å². The summed E-state index contributed by atoms with van der Waals surface area (Å²) in [5.41, 5.74) is 6.05. The van der Waals surface area contributed by atoms with Gasteiger partial charge >= 0.3 is 0 Å². The van der Waals surface area contributed by atoms with Crippen molar-refractivity contribution in [1.29, 1.82) is 0 Å². The van der Waals surface area contributed by atoms with Crippen LogP contribution in [-0.2, 0) is 21.9 Å². The Kier molecular flexibility index (Phi) is 6.20. The molecule has 0 radical (unpaired) electrons. The van der Waals surface area contributed by atoms with Gasteiger partial charge in [-0.3, -0.25) is 9.59 Å². The number of aryl methyl sites for hydroxylation is 1. The second-order valence-electron chi connectivity index (χ2n) is 8.30. The van der Waals surface area contributed by atoms with Gasteiger partial charge in [0.1, 0.15) is 16.4 Å². The van der Waals surface area contributed by atoms with Crippen molar-refractivity contribution >= 4 is 33.3 Å². The topological polar surface area (TPSA) is 131 Å². The van der Waals surface area contributed by atoms with E-state index in [4.69, 9.17) is 5.73 Å². The van der Waals surface area contributed by atoms with Crippen LogP contribution in [0.15, 0.2) is 35.5 Å². The molecule has 2 saturated heterocycles. The molecule has 3 N–H and O–H groups in total. The number of piperidine rings is 1. The van der Waals surface area contributed by atoms with E-state index in [9.17, 15) is 18.0 Å². The minimum atomic E-state index is -3.76. The van der Waals surface area contributed by atoms with Gasteiger partial charge in [-0.05, 0) is 43.9 Å². The van der Waals surface area contributed by atoms with E-state index >= 15 is 0 Å². The van der Waals surface area contributed by atoms with Crippen LogP contribution >= 0.6 is 0 Å². The maximum absolute atomic E-state index is 12.9. The highest BCUT2D eigenvalue weighted by Crippen LogP contribution is 2.26. The van der Waals surface area contributed by atoms with Crippen LogP contribution in [0.4, 0.5) is 11.5 Å². The fourth-order valence-corrected chi connectivity index (χ4v) is 5.81. The molecular weight excluding hydrogens is 432 g/mol. The third-order valence-corrected chi connectivity index (χ3v) is 8.00. The zero-order valence-corrected chi connectivity index (χ0v) is 18.8. The Morgan fingerprint density at radius 1 is 1.12 bits per heavy atom. The van der Waals surface area contributed by atoms with Gasteiger partial charge in [-0.15, -0.1) is 0 Å². The van der Waals surface area contributed by atoms with Crippen LogP contribution in [0.5, 0.6) is 0 Å². The van der Waals surface area contributed by atoms with Crippen LogP contribution < -0.4 is 16.0 Å². The summed E-state index contributed by atoms with van der Waals surface area (Å²) < 4.78 is 28.6. The second kappa shape index (κ2) is 8.91. The SMILES string of the molecule is Cn1cc(S(=O)(=O)N2CCC(C(=O)Nc3ccc(N4CCCC4)nc3)CC2)cc1C(N)=O. The molecule has 172 valence electrons. The van der Waals surface area contributed by atoms with Crippen molar-refractivity contribution in [3.63, 3.8) is 0 Å². The lowest BCUT2D eigenvalue weighted by Gasteiger charge is -2.30. The number of primary amides is 1. The lowest BCUT2D eigenvalue weighted by Crippen LogP contribution is -2.41. The summed E-state index contributed by atoms with van der Waals surface area (Å²) in [7, 11) is -2.19. The molecule has 4 rings (SSSR count). The fourth-order valence-electron chi connectivity index (χ4n) is 4.27. The number of amides is 2. The molecule has 0 spiro atoms. The molecule has 32 heavy (non-hydrogen) atoms. The molecule has 2 aliphatic rings. The molecule has 10 nitrogen and oxygen atoms in total. The lowest BCUT2D eigenvalue weighted by atomic mass is 9.97. The van der Waals surface area contributed by atoms with Gasteiger partial charge in [0.2, 0.25) is 15.9 Å². The number of nitrogens with zero attached hydrogens (tertiary/aromatic N) is 4. The highest BCUT2D eigenvalue weighted by molar-refractivity contribution is 7.89. The summed E-state index contributed by atoms with van der Waals surface area (Å²) in [6.45, 7) is 2.47. The van der Waals surface area contributed by atoms with Crippen molar-refractivity contribution in [2.24, 2.45) is 18.7 Å². The summed E-state index contributed by atoms with van der Waals surface area (Å²) in [4.78, 5) is 30.8. The summed E-state index contributed by atoms with van der Waals surface area (Å²) in [6, 6.07) is 5.05. The standard InChI is InChI=1S/C21H28N6O4S/c1-25-14-17(12-18(25)20(22)28)32(30,31)27-10-6-15(7-11-27)21(29)24-16-4-5-19(23-13-16)26-8-2-3-9-26/h4-5,12-15H,2-3,6-11H2,1H3,(H2,22,28)(H,24,29). The molecule has 2 aliphatic heterocycles. The molecule has 0 unspecified atom stereocenters. The first kappa shape index (κ1) is 22.3. The first-order valence-electron chi connectivity index (χ1n) is 10.7. The zero-order valence-electron chi connectivity index (χ0n) is 18.0. The van der Waals surface area contributed by atoms with E-state index in [1.807, 2.05) is 12.1 Å². The third kappa shape index (κ3) is 4.49. The van der Waals surface area contributed by atoms with Crippen LogP contribution in [0.1, 0.15) is 36.2 Å². The average molecular weight is 461 g/mol. The quantitative estimate of drug-likeness (QED) is 0.665. The largest absolute Gasteiger partial charge is 0.364 e. The van der Waals surface area contributed by atoms with E-state index in [0.717, 1.165) is 18.9 Å². The summed E-state index contributed by atoms with van der Waals surface area (Å²) in [5, 5.41) is 2.90. The third-order valence-electron chi connectivity index (χ3n) is 6.14. The smallest absolute Gasteiger partial charge is 0.265 e. The number of hydrogen-bond donors (Lipinski definition) is 2. The number of aromatic nitrogens is 2. The van der Waals surface area contributed by atoms with Crippen LogP contribution in [0.25, 0.3) is 0 Å². The van der Waals surface area contributed by atoms with Crippen molar-refractivity contribution in [3.05, 3.63) is 36.3 Å². The van der Waals surface area contributed by atoms with E-state index in [-0.39, 0.29) is 35.5 Å². The molecule has 2 aromatic rings. The van der Waals surface area contributed by atoms with Gasteiger partial charge in [-0.1, -0.05) is 0 Å². The monoisotopic (exact) mass is 460 g/mol. The van der Waals surface area contributed by atoms with Gasteiger partial charge in [-0.25, -0.2) is 13.4 Å². The van der Waals surface area contributed by atoms with Gasteiger partial charge in [0.25, 0.3) is 5.91 Å². The first-order chi connectivity index (χ1) is 15.3. The second-order valence-corrected chi connectivity index (χ2v) is 10.2. The van der Waals surface area contributed by atoms with Gasteiger partial charge in [0, 0.05) is 45.3 Å². The summed E-state index contributed by atoms with van der Waals surface area (Å²) in [6.07, 6.45) is 6.22. The summed E-state index contributed by atoms with van der Waals surface area (Å²) in [5.74, 6) is -0.183. The number of nitrogens with two attached hydrogens (primary N) is 1. The number of pyridine rings is 1. The van der Waals surface area contributed by atoms with E-state index in [2.05, 4.69) is 15.2 Å². The number of sulfonamides is 1. The average Bonchev–Trinajstić information content (AvgIpc) is 3.45. The number of anilines is 2. The normalized spacial score (nSPS) is 18.1. The van der Waals surface area contributed by atoms with Crippen molar-refractivity contribution in [2.45, 2.75) is 30.6 Å². The molecule has 0 bridgehead atoms. The minimum absolute atomic E-state index is 0.0286. The molecule has 2 fully saturated rings. The summed E-state index contributed by atoms with van der Waals surface area (Å²) >= 11 is 0. The Labute approximate surface area is 187 Å². The molecular formula is C21H28N6O4S. The van der Waals surface area contributed by atoms with Gasteiger partial charge in [0.15, 0.2) is 0 Å². The van der Waals surface area contributed by atoms with Crippen LogP contribution in [0.2, 0.25) is 0 Å². The van der Waals surface area contributed by atoms with Gasteiger partial charge < -0.3 is 20.5 Å². The Bertz CT molecular complexity index is 1100. The van der Waals surface area contributed by atoms with Crippen LogP contribution in [0.3, 0.4) is 0 Å². The Hall–Kier alpha value is -2.92. The molecule has 2 aromatic heterocycles. The van der Waals surface area contributed by atoms with Crippen molar-refractivity contribution in [3.8, 4) is 0 Å². The maximum Gasteiger partial charge on any atom is 0.265 e. The zero-order chi connectivity index (χ0) is 22.9. The molecule has 2 amide bonds. The minimum Gasteiger partial charge on any atom is -0.364 e. The Morgan fingerprint density at radius 3 is 2.38 bits per heavy atom. The van der Waals surface area contributed by atoms with E-state index in [1.165, 1.54) is 34.0 Å². The highest BCUT2D eigenvalue weighted by atomic mass is 32.2. The first-order valence-corrected chi connectivity index (χ1v) is 12.2. The van der Waals surface area contributed by atoms with Crippen molar-refractivity contribution in [2.75, 3.05) is 36.4 Å². The molecule has 0 saturated carbocycles. The molecule has 4 heterocycles. The van der Waals surface area contributed by atoms with Crippen LogP contribution in [0, 0.1) is 5.92 Å². The number of carbonyl (C=O) groups excluding carboxylic acids is 2. The highest BCUT2D eigenvalue weighted by Gasteiger charge is 2.33. The molecule has 0 atom stereocenters. The fraction of sp³-hybridized carbons (Fsp3) is 0.476. The predicted octanol–water partition coefficient (Wildman–Crippen LogP) is 1.16. The van der Waals surface area contributed by atoms with Crippen molar-refractivity contribution in [1.82, 2.24) is 13.9 Å². The Morgan fingerprint density at radius 2 is 1.81 bits per heavy atom. The predicted molar refractivity (Wildman–Crippen MR) is 120 cm³/mol.